The first-order chi connectivity index (χ1) is 8.75. The number of hydrogen-bond donors (Lipinski definition) is 2. The molecule has 1 aromatic heterocycles. The number of rotatable bonds is 2. The van der Waals surface area contributed by atoms with Crippen LogP contribution in [0.2, 0.25) is 5.15 Å². The number of hydrogen-bond acceptors (Lipinski definition) is 5. The van der Waals surface area contributed by atoms with E-state index in [1.807, 2.05) is 0 Å². The molecule has 0 aromatic carbocycles. The van der Waals surface area contributed by atoms with Gasteiger partial charge in [0.2, 0.25) is 0 Å². The fourth-order valence-electron chi connectivity index (χ4n) is 2.61. The minimum absolute atomic E-state index is 0.0546. The van der Waals surface area contributed by atoms with Gasteiger partial charge in [-0.2, -0.15) is 0 Å². The molecule has 2 aliphatic rings. The number of anilines is 1. The van der Waals surface area contributed by atoms with Gasteiger partial charge in [-0.05, 0) is 12.8 Å². The molecule has 2 atom stereocenters. The molecule has 1 aliphatic carbocycles. The van der Waals surface area contributed by atoms with Crippen LogP contribution in [0.5, 0.6) is 0 Å². The molecule has 1 saturated carbocycles. The first kappa shape index (κ1) is 12.1. The molecular formula is C12H16ClN3O2. The highest BCUT2D eigenvalue weighted by atomic mass is 35.5. The zero-order valence-electron chi connectivity index (χ0n) is 10.0. The van der Waals surface area contributed by atoms with E-state index < -0.39 is 0 Å². The molecule has 2 heterocycles. The van der Waals surface area contributed by atoms with Gasteiger partial charge in [0.1, 0.15) is 0 Å². The number of aliphatic hydroxyl groups is 1. The lowest BCUT2D eigenvalue weighted by Crippen LogP contribution is -2.37. The Morgan fingerprint density at radius 2 is 1.94 bits per heavy atom. The highest BCUT2D eigenvalue weighted by molar-refractivity contribution is 6.30. The number of aliphatic hydroxyl groups excluding tert-OH is 1. The molecule has 0 amide bonds. The van der Waals surface area contributed by atoms with Crippen molar-refractivity contribution in [3.8, 4) is 0 Å². The van der Waals surface area contributed by atoms with Crippen molar-refractivity contribution in [1.29, 1.82) is 0 Å². The van der Waals surface area contributed by atoms with Gasteiger partial charge in [-0.15, -0.1) is 10.2 Å². The Bertz CT molecular complexity index is 455. The van der Waals surface area contributed by atoms with Gasteiger partial charge < -0.3 is 15.2 Å². The number of aromatic nitrogens is 2. The lowest BCUT2D eigenvalue weighted by Gasteiger charge is -2.29. The maximum Gasteiger partial charge on any atom is 0.157 e. The lowest BCUT2D eigenvalue weighted by molar-refractivity contribution is 0.116. The number of nitrogens with zero attached hydrogens (tertiary/aromatic N) is 2. The second-order valence-electron chi connectivity index (χ2n) is 4.89. The molecule has 0 saturated heterocycles. The maximum absolute atomic E-state index is 9.97. The lowest BCUT2D eigenvalue weighted by atomic mass is 9.92. The number of ether oxygens (including phenoxy) is 1. The van der Waals surface area contributed by atoms with Crippen LogP contribution >= 0.6 is 11.6 Å². The summed E-state index contributed by atoms with van der Waals surface area (Å²) in [7, 11) is 0. The molecule has 1 fully saturated rings. The van der Waals surface area contributed by atoms with Crippen LogP contribution in [-0.4, -0.2) is 27.4 Å². The molecule has 0 radical (unpaired) electrons. The van der Waals surface area contributed by atoms with Crippen LogP contribution in [0.25, 0.3) is 0 Å². The zero-order chi connectivity index (χ0) is 12.5. The third kappa shape index (κ3) is 2.18. The summed E-state index contributed by atoms with van der Waals surface area (Å²) in [5.41, 5.74) is 1.90. The Hall–Kier alpha value is -0.910. The fraction of sp³-hybridized carbons (Fsp3) is 0.667. The van der Waals surface area contributed by atoms with Crippen LogP contribution < -0.4 is 5.32 Å². The summed E-state index contributed by atoms with van der Waals surface area (Å²) in [5, 5.41) is 21.7. The van der Waals surface area contributed by atoms with Crippen LogP contribution in [0.4, 0.5) is 5.82 Å². The summed E-state index contributed by atoms with van der Waals surface area (Å²) in [5.74, 6) is 0.706. The highest BCUT2D eigenvalue weighted by Crippen LogP contribution is 2.31. The van der Waals surface area contributed by atoms with Crippen LogP contribution in [0.1, 0.15) is 36.8 Å². The molecule has 1 aromatic rings. The van der Waals surface area contributed by atoms with Crippen molar-refractivity contribution in [3.05, 3.63) is 16.3 Å². The minimum atomic E-state index is -0.311. The van der Waals surface area contributed by atoms with E-state index in [1.165, 1.54) is 0 Å². The van der Waals surface area contributed by atoms with Gasteiger partial charge in [-0.1, -0.05) is 24.4 Å². The predicted octanol–water partition coefficient (Wildman–Crippen LogP) is 1.88. The van der Waals surface area contributed by atoms with Crippen molar-refractivity contribution >= 4 is 17.4 Å². The van der Waals surface area contributed by atoms with E-state index in [1.54, 1.807) is 0 Å². The summed E-state index contributed by atoms with van der Waals surface area (Å²) in [4.78, 5) is 0. The van der Waals surface area contributed by atoms with Crippen molar-refractivity contribution in [2.45, 2.75) is 51.0 Å². The van der Waals surface area contributed by atoms with Crippen molar-refractivity contribution < 1.29 is 9.84 Å². The van der Waals surface area contributed by atoms with Crippen LogP contribution in [0.3, 0.4) is 0 Å². The van der Waals surface area contributed by atoms with Crippen molar-refractivity contribution in [3.63, 3.8) is 0 Å². The van der Waals surface area contributed by atoms with Crippen LogP contribution in [-0.2, 0) is 18.0 Å². The first-order valence-corrected chi connectivity index (χ1v) is 6.70. The summed E-state index contributed by atoms with van der Waals surface area (Å²) in [6.07, 6.45) is 3.72. The second-order valence-corrected chi connectivity index (χ2v) is 5.25. The van der Waals surface area contributed by atoms with Gasteiger partial charge in [0.25, 0.3) is 0 Å². The second kappa shape index (κ2) is 4.99. The van der Waals surface area contributed by atoms with E-state index in [9.17, 15) is 5.11 Å². The quantitative estimate of drug-likeness (QED) is 0.858. The summed E-state index contributed by atoms with van der Waals surface area (Å²) in [6.45, 7) is 1.00. The van der Waals surface area contributed by atoms with Gasteiger partial charge in [0, 0.05) is 11.1 Å². The van der Waals surface area contributed by atoms with Gasteiger partial charge >= 0.3 is 0 Å². The van der Waals surface area contributed by atoms with E-state index in [-0.39, 0.29) is 12.1 Å². The van der Waals surface area contributed by atoms with E-state index in [0.29, 0.717) is 24.2 Å². The third-order valence-electron chi connectivity index (χ3n) is 3.68. The van der Waals surface area contributed by atoms with Crippen molar-refractivity contribution in [2.75, 3.05) is 5.32 Å². The molecule has 6 heteroatoms. The Kier molecular flexibility index (Phi) is 3.37. The number of nitrogens with one attached hydrogen (secondary N) is 1. The molecule has 5 nitrogen and oxygen atoms in total. The molecule has 0 unspecified atom stereocenters. The topological polar surface area (TPSA) is 67.3 Å². The van der Waals surface area contributed by atoms with Gasteiger partial charge in [0.05, 0.1) is 25.4 Å². The SMILES string of the molecule is O[C@@H]1CCCC[C@H]1Nc1nnc(Cl)c2c1COC2. The summed E-state index contributed by atoms with van der Waals surface area (Å²) >= 11 is 5.98. The summed E-state index contributed by atoms with van der Waals surface area (Å²) < 4.78 is 5.39. The normalized spacial score (nSPS) is 27.0. The average molecular weight is 270 g/mol. The zero-order valence-corrected chi connectivity index (χ0v) is 10.8. The fourth-order valence-corrected chi connectivity index (χ4v) is 2.82. The van der Waals surface area contributed by atoms with Gasteiger partial charge in [-0.25, -0.2) is 0 Å². The van der Waals surface area contributed by atoms with E-state index >= 15 is 0 Å². The third-order valence-corrected chi connectivity index (χ3v) is 3.99. The van der Waals surface area contributed by atoms with Crippen molar-refractivity contribution in [1.82, 2.24) is 10.2 Å². The molecule has 1 aliphatic heterocycles. The molecule has 0 bridgehead atoms. The smallest absolute Gasteiger partial charge is 0.157 e. The molecule has 18 heavy (non-hydrogen) atoms. The Morgan fingerprint density at radius 1 is 1.17 bits per heavy atom. The minimum Gasteiger partial charge on any atom is -0.391 e. The van der Waals surface area contributed by atoms with Crippen molar-refractivity contribution in [2.24, 2.45) is 0 Å². The Morgan fingerprint density at radius 3 is 2.78 bits per heavy atom. The Labute approximate surface area is 111 Å². The predicted molar refractivity (Wildman–Crippen MR) is 67.4 cm³/mol. The van der Waals surface area contributed by atoms with E-state index in [4.69, 9.17) is 16.3 Å². The van der Waals surface area contributed by atoms with Gasteiger partial charge in [0.15, 0.2) is 11.0 Å². The maximum atomic E-state index is 9.97. The Balaban J connectivity index is 1.83. The molecular weight excluding hydrogens is 254 g/mol. The average Bonchev–Trinajstić information content (AvgIpc) is 2.85. The van der Waals surface area contributed by atoms with Gasteiger partial charge in [-0.3, -0.25) is 0 Å². The van der Waals surface area contributed by atoms with Crippen LogP contribution in [0, 0.1) is 0 Å². The molecule has 2 N–H and O–H groups in total. The van der Waals surface area contributed by atoms with Crippen LogP contribution in [0.15, 0.2) is 0 Å². The number of fused-ring (bicyclic) bond motifs is 1. The molecule has 98 valence electrons. The van der Waals surface area contributed by atoms with E-state index in [2.05, 4.69) is 15.5 Å². The van der Waals surface area contributed by atoms with E-state index in [0.717, 1.165) is 36.8 Å². The monoisotopic (exact) mass is 269 g/mol. The standard InChI is InChI=1S/C12H16ClN3O2/c13-11-7-5-18-6-8(7)12(16-15-11)14-9-3-1-2-4-10(9)17/h9-10,17H,1-6H2,(H,14,16)/t9-,10-/m1/s1. The highest BCUT2D eigenvalue weighted by Gasteiger charge is 2.27. The molecule has 0 spiro atoms. The number of halogens is 1. The summed E-state index contributed by atoms with van der Waals surface area (Å²) in [6, 6.07) is 0.0546. The first-order valence-electron chi connectivity index (χ1n) is 6.32. The molecule has 3 rings (SSSR count). The largest absolute Gasteiger partial charge is 0.391 e.